The summed E-state index contributed by atoms with van der Waals surface area (Å²) in [5.74, 6) is 3.84. The van der Waals surface area contributed by atoms with Crippen molar-refractivity contribution in [3.8, 4) is 0 Å². The molecule has 0 spiro atoms. The minimum atomic E-state index is -0.126. The summed E-state index contributed by atoms with van der Waals surface area (Å²) in [5, 5.41) is 14.6. The predicted molar refractivity (Wildman–Crippen MR) is 139 cm³/mol. The van der Waals surface area contributed by atoms with Crippen molar-refractivity contribution in [1.29, 1.82) is 0 Å². The van der Waals surface area contributed by atoms with E-state index in [0.717, 1.165) is 30.1 Å². The van der Waals surface area contributed by atoms with Gasteiger partial charge in [-0.3, -0.25) is 0 Å². The average Bonchev–Trinajstić information content (AvgIpc) is 3.12. The highest BCUT2D eigenvalue weighted by atomic mass is 16.3. The molecule has 0 aliphatic heterocycles. The van der Waals surface area contributed by atoms with Gasteiger partial charge in [0.1, 0.15) is 0 Å². The molecule has 5 aliphatic carbocycles. The molecule has 5 saturated carbocycles. The number of allylic oxidation sites excluding steroid dienone is 1. The van der Waals surface area contributed by atoms with Crippen LogP contribution in [0.25, 0.3) is 0 Å². The molecule has 5 rings (SSSR count). The summed E-state index contributed by atoms with van der Waals surface area (Å²) in [5.41, 5.74) is 3.23. The Morgan fingerprint density at radius 3 is 2.24 bits per heavy atom. The lowest BCUT2D eigenvalue weighted by molar-refractivity contribution is -0.247. The number of rotatable bonds is 3. The number of nitrogens with one attached hydrogen (secondary N) is 1. The smallest absolute Gasteiger partial charge is 0.0594 e. The Morgan fingerprint density at radius 2 is 1.58 bits per heavy atom. The quantitative estimate of drug-likeness (QED) is 0.440. The van der Waals surface area contributed by atoms with E-state index in [-0.39, 0.29) is 11.5 Å². The minimum Gasteiger partial charge on any atom is -0.393 e. The minimum absolute atomic E-state index is 0.0527. The Balaban J connectivity index is 1.54. The number of hydrogen-bond donors (Lipinski definition) is 2. The summed E-state index contributed by atoms with van der Waals surface area (Å²) >= 11 is 0. The standard InChI is InChI=1S/C31H53NO/c1-20(2)21-11-16-31(19-32-8)18-17-29(6)22(26(21)31)9-10-24-28(5)14-13-25(33)27(3,4)23(28)12-15-30(24,29)7/h21-26,32-33H,1,9-19H2,2-8H3/t21?,22?,23?,24?,25-,26?,28-,29+,30+,31+/m0/s1. The maximum atomic E-state index is 10.9. The van der Waals surface area contributed by atoms with Gasteiger partial charge >= 0.3 is 0 Å². The lowest BCUT2D eigenvalue weighted by Crippen LogP contribution is -2.67. The zero-order valence-corrected chi connectivity index (χ0v) is 22.9. The predicted octanol–water partition coefficient (Wildman–Crippen LogP) is 7.22. The first-order valence-electron chi connectivity index (χ1n) is 14.4. The van der Waals surface area contributed by atoms with Crippen LogP contribution in [-0.2, 0) is 0 Å². The van der Waals surface area contributed by atoms with E-state index in [4.69, 9.17) is 0 Å². The van der Waals surface area contributed by atoms with Crippen molar-refractivity contribution in [3.63, 3.8) is 0 Å². The van der Waals surface area contributed by atoms with E-state index in [9.17, 15) is 5.11 Å². The van der Waals surface area contributed by atoms with Crippen molar-refractivity contribution in [1.82, 2.24) is 5.32 Å². The lowest BCUT2D eigenvalue weighted by atomic mass is 9.32. The SMILES string of the molecule is C=C(C)C1CC[C@]2(CNC)CC[C@]3(C)C(CCC4[C@@]5(C)CC[C@H](O)C(C)(C)C5CC[C@]43C)C12. The van der Waals surface area contributed by atoms with E-state index >= 15 is 0 Å². The molecule has 5 fully saturated rings. The fourth-order valence-electron chi connectivity index (χ4n) is 11.9. The maximum Gasteiger partial charge on any atom is 0.0594 e. The number of aliphatic hydroxyl groups excluding tert-OH is 1. The van der Waals surface area contributed by atoms with Gasteiger partial charge in [0.25, 0.3) is 0 Å². The normalized spacial score (nSPS) is 55.2. The van der Waals surface area contributed by atoms with Crippen LogP contribution < -0.4 is 5.32 Å². The van der Waals surface area contributed by atoms with Gasteiger partial charge in [0.15, 0.2) is 0 Å². The first-order valence-corrected chi connectivity index (χ1v) is 14.4. The average molecular weight is 456 g/mol. The number of hydrogen-bond acceptors (Lipinski definition) is 2. The van der Waals surface area contributed by atoms with E-state index in [0.29, 0.717) is 27.6 Å². The molecule has 188 valence electrons. The van der Waals surface area contributed by atoms with Crippen LogP contribution in [0.3, 0.4) is 0 Å². The molecule has 0 aromatic heterocycles. The monoisotopic (exact) mass is 455 g/mol. The molecule has 0 radical (unpaired) electrons. The molecule has 5 unspecified atom stereocenters. The molecule has 0 heterocycles. The summed E-state index contributed by atoms with van der Waals surface area (Å²) in [6, 6.07) is 0. The third-order valence-corrected chi connectivity index (χ3v) is 13.7. The van der Waals surface area contributed by atoms with Crippen molar-refractivity contribution in [2.24, 2.45) is 56.7 Å². The highest BCUT2D eigenvalue weighted by Gasteiger charge is 2.70. The van der Waals surface area contributed by atoms with E-state index in [1.54, 1.807) is 0 Å². The summed E-state index contributed by atoms with van der Waals surface area (Å²) in [6.45, 7) is 20.9. The Bertz CT molecular complexity index is 803. The molecule has 2 N–H and O–H groups in total. The van der Waals surface area contributed by atoms with Crippen molar-refractivity contribution in [2.45, 2.75) is 112 Å². The summed E-state index contributed by atoms with van der Waals surface area (Å²) in [7, 11) is 2.17. The van der Waals surface area contributed by atoms with Gasteiger partial charge in [0, 0.05) is 6.54 Å². The van der Waals surface area contributed by atoms with Crippen LogP contribution in [0.5, 0.6) is 0 Å². The Kier molecular flexibility index (Phi) is 5.60. The molecular weight excluding hydrogens is 402 g/mol. The second kappa shape index (κ2) is 7.58. The summed E-state index contributed by atoms with van der Waals surface area (Å²) < 4.78 is 0. The molecule has 0 aromatic carbocycles. The van der Waals surface area contributed by atoms with E-state index in [1.165, 1.54) is 69.9 Å². The first-order chi connectivity index (χ1) is 15.4. The molecule has 5 aliphatic rings. The van der Waals surface area contributed by atoms with E-state index in [2.05, 4.69) is 60.5 Å². The van der Waals surface area contributed by atoms with Crippen molar-refractivity contribution in [3.05, 3.63) is 12.2 Å². The number of aliphatic hydroxyl groups is 1. The highest BCUT2D eigenvalue weighted by Crippen LogP contribution is 2.77. The first kappa shape index (κ1) is 24.4. The molecule has 0 saturated heterocycles. The Hall–Kier alpha value is -0.340. The largest absolute Gasteiger partial charge is 0.393 e. The molecule has 2 nitrogen and oxygen atoms in total. The van der Waals surface area contributed by atoms with Gasteiger partial charge in [-0.25, -0.2) is 0 Å². The second-order valence-electron chi connectivity index (χ2n) is 15.0. The lowest BCUT2D eigenvalue weighted by Gasteiger charge is -2.73. The highest BCUT2D eigenvalue weighted by molar-refractivity contribution is 5.21. The zero-order chi connectivity index (χ0) is 24.0. The molecular formula is C31H53NO. The van der Waals surface area contributed by atoms with Crippen LogP contribution in [0.2, 0.25) is 0 Å². The zero-order valence-electron chi connectivity index (χ0n) is 22.9. The van der Waals surface area contributed by atoms with Gasteiger partial charge in [0.2, 0.25) is 0 Å². The van der Waals surface area contributed by atoms with Crippen LogP contribution in [-0.4, -0.2) is 24.8 Å². The van der Waals surface area contributed by atoms with Crippen molar-refractivity contribution >= 4 is 0 Å². The fourth-order valence-corrected chi connectivity index (χ4v) is 11.9. The van der Waals surface area contributed by atoms with Crippen LogP contribution in [0, 0.1) is 56.7 Å². The van der Waals surface area contributed by atoms with Crippen LogP contribution in [0.15, 0.2) is 12.2 Å². The molecule has 2 heteroatoms. The fraction of sp³-hybridized carbons (Fsp3) is 0.935. The molecule has 0 bridgehead atoms. The third kappa shape index (κ3) is 2.98. The van der Waals surface area contributed by atoms with Crippen LogP contribution in [0.1, 0.15) is 106 Å². The molecule has 0 amide bonds. The van der Waals surface area contributed by atoms with Crippen molar-refractivity contribution < 1.29 is 5.11 Å². The Morgan fingerprint density at radius 1 is 0.848 bits per heavy atom. The molecule has 33 heavy (non-hydrogen) atoms. The molecule has 10 atom stereocenters. The second-order valence-corrected chi connectivity index (χ2v) is 15.0. The van der Waals surface area contributed by atoms with Crippen LogP contribution >= 0.6 is 0 Å². The third-order valence-electron chi connectivity index (χ3n) is 13.7. The van der Waals surface area contributed by atoms with Gasteiger partial charge in [-0.2, -0.15) is 0 Å². The summed E-state index contributed by atoms with van der Waals surface area (Å²) in [6.07, 6.45) is 13.2. The maximum absolute atomic E-state index is 10.9. The van der Waals surface area contributed by atoms with Gasteiger partial charge in [-0.1, -0.05) is 46.8 Å². The van der Waals surface area contributed by atoms with Crippen molar-refractivity contribution in [2.75, 3.05) is 13.6 Å². The van der Waals surface area contributed by atoms with Crippen LogP contribution in [0.4, 0.5) is 0 Å². The van der Waals surface area contributed by atoms with E-state index in [1.807, 2.05) is 0 Å². The van der Waals surface area contributed by atoms with Gasteiger partial charge in [0.05, 0.1) is 6.10 Å². The van der Waals surface area contributed by atoms with Gasteiger partial charge < -0.3 is 10.4 Å². The summed E-state index contributed by atoms with van der Waals surface area (Å²) in [4.78, 5) is 0. The number of fused-ring (bicyclic) bond motifs is 7. The topological polar surface area (TPSA) is 32.3 Å². The molecule has 0 aromatic rings. The van der Waals surface area contributed by atoms with Gasteiger partial charge in [-0.15, -0.1) is 0 Å². The Labute approximate surface area is 204 Å². The van der Waals surface area contributed by atoms with Gasteiger partial charge in [-0.05, 0) is 135 Å². The van der Waals surface area contributed by atoms with E-state index < -0.39 is 0 Å².